The van der Waals surface area contributed by atoms with E-state index in [1.54, 1.807) is 6.07 Å². The number of sulfonamides is 1. The Morgan fingerprint density at radius 3 is 2.42 bits per heavy atom. The maximum Gasteiger partial charge on any atom is 0.243 e. The number of amides is 1. The summed E-state index contributed by atoms with van der Waals surface area (Å²) in [7, 11) is -2.48. The standard InChI is InChI=1S/C24H31N3O5S/c1-26(33(29,30)19-11-12-22-23(17-19)32-16-8-15-31-22)18-24(28)25-20-9-4-5-10-21(20)27-13-6-2-3-7-14-27/h4-5,9-12,17H,2-3,6-8,13-16,18H2,1H3,(H,25,28). The van der Waals surface area contributed by atoms with Gasteiger partial charge in [0.05, 0.1) is 36.0 Å². The summed E-state index contributed by atoms with van der Waals surface area (Å²) >= 11 is 0. The predicted molar refractivity (Wildman–Crippen MR) is 128 cm³/mol. The van der Waals surface area contributed by atoms with Crippen LogP contribution in [0, 0.1) is 0 Å². The summed E-state index contributed by atoms with van der Waals surface area (Å²) in [5.74, 6) is 0.535. The van der Waals surface area contributed by atoms with Crippen molar-refractivity contribution < 1.29 is 22.7 Å². The zero-order valence-electron chi connectivity index (χ0n) is 19.0. The van der Waals surface area contributed by atoms with Crippen LogP contribution in [0.25, 0.3) is 0 Å². The average Bonchev–Trinajstić information content (AvgIpc) is 3.22. The Morgan fingerprint density at radius 2 is 1.67 bits per heavy atom. The van der Waals surface area contributed by atoms with Gasteiger partial charge in [-0.2, -0.15) is 4.31 Å². The van der Waals surface area contributed by atoms with E-state index >= 15 is 0 Å². The van der Waals surface area contributed by atoms with Gasteiger partial charge in [0.1, 0.15) is 0 Å². The van der Waals surface area contributed by atoms with Crippen molar-refractivity contribution in [3.8, 4) is 11.5 Å². The third-order valence-corrected chi connectivity index (χ3v) is 7.72. The van der Waals surface area contributed by atoms with Crippen LogP contribution in [0.2, 0.25) is 0 Å². The average molecular weight is 474 g/mol. The first-order valence-electron chi connectivity index (χ1n) is 11.4. The monoisotopic (exact) mass is 473 g/mol. The summed E-state index contributed by atoms with van der Waals surface area (Å²) in [6.07, 6.45) is 5.41. The van der Waals surface area contributed by atoms with Crippen molar-refractivity contribution in [1.29, 1.82) is 0 Å². The molecule has 0 aromatic heterocycles. The van der Waals surface area contributed by atoms with Crippen LogP contribution in [0.3, 0.4) is 0 Å². The third kappa shape index (κ3) is 5.59. The smallest absolute Gasteiger partial charge is 0.243 e. The van der Waals surface area contributed by atoms with E-state index in [2.05, 4.69) is 10.2 Å². The molecular formula is C24H31N3O5S. The summed E-state index contributed by atoms with van der Waals surface area (Å²) in [5.41, 5.74) is 1.67. The minimum atomic E-state index is -3.88. The molecule has 8 nitrogen and oxygen atoms in total. The van der Waals surface area contributed by atoms with Gasteiger partial charge < -0.3 is 19.7 Å². The van der Waals surface area contributed by atoms with E-state index in [0.717, 1.165) is 42.3 Å². The molecule has 0 spiro atoms. The first kappa shape index (κ1) is 23.4. The molecule has 0 atom stereocenters. The minimum Gasteiger partial charge on any atom is -0.490 e. The maximum absolute atomic E-state index is 13.1. The SMILES string of the molecule is CN(CC(=O)Nc1ccccc1N1CCCCCC1)S(=O)(=O)c1ccc2c(c1)OCCCO2. The number of fused-ring (bicyclic) bond motifs is 1. The van der Waals surface area contributed by atoms with Crippen LogP contribution >= 0.6 is 0 Å². The summed E-state index contributed by atoms with van der Waals surface area (Å²) in [4.78, 5) is 15.2. The van der Waals surface area contributed by atoms with Gasteiger partial charge in [-0.1, -0.05) is 25.0 Å². The van der Waals surface area contributed by atoms with E-state index in [9.17, 15) is 13.2 Å². The lowest BCUT2D eigenvalue weighted by molar-refractivity contribution is -0.116. The second-order valence-corrected chi connectivity index (χ2v) is 10.4. The highest BCUT2D eigenvalue weighted by Gasteiger charge is 2.25. The van der Waals surface area contributed by atoms with Crippen LogP contribution in [0.5, 0.6) is 11.5 Å². The Balaban J connectivity index is 1.45. The normalized spacial score (nSPS) is 16.7. The molecular weight excluding hydrogens is 442 g/mol. The fourth-order valence-corrected chi connectivity index (χ4v) is 5.27. The third-order valence-electron chi connectivity index (χ3n) is 5.92. The molecule has 2 aromatic rings. The van der Waals surface area contributed by atoms with Crippen molar-refractivity contribution in [3.05, 3.63) is 42.5 Å². The van der Waals surface area contributed by atoms with Crippen LogP contribution in [0.4, 0.5) is 11.4 Å². The number of ether oxygens (including phenoxy) is 2. The first-order chi connectivity index (χ1) is 15.9. The van der Waals surface area contributed by atoms with Crippen molar-refractivity contribution in [1.82, 2.24) is 4.31 Å². The zero-order valence-corrected chi connectivity index (χ0v) is 19.8. The number of hydrogen-bond acceptors (Lipinski definition) is 6. The minimum absolute atomic E-state index is 0.0621. The van der Waals surface area contributed by atoms with Gasteiger partial charge in [-0.25, -0.2) is 8.42 Å². The first-order valence-corrected chi connectivity index (χ1v) is 12.9. The summed E-state index contributed by atoms with van der Waals surface area (Å²) in [5, 5.41) is 2.91. The van der Waals surface area contributed by atoms with E-state index in [4.69, 9.17) is 9.47 Å². The van der Waals surface area contributed by atoms with Crippen LogP contribution in [-0.2, 0) is 14.8 Å². The van der Waals surface area contributed by atoms with E-state index in [1.165, 1.54) is 32.0 Å². The van der Waals surface area contributed by atoms with Gasteiger partial charge >= 0.3 is 0 Å². The molecule has 1 fully saturated rings. The number of carbonyl (C=O) groups excluding carboxylic acids is 1. The van der Waals surface area contributed by atoms with Crippen LogP contribution < -0.4 is 19.7 Å². The molecule has 0 aliphatic carbocycles. The van der Waals surface area contributed by atoms with Gasteiger partial charge in [0.2, 0.25) is 15.9 Å². The molecule has 1 saturated heterocycles. The lowest BCUT2D eigenvalue weighted by atomic mass is 10.2. The van der Waals surface area contributed by atoms with Gasteiger partial charge in [0.15, 0.2) is 11.5 Å². The Bertz CT molecular complexity index is 1080. The molecule has 9 heteroatoms. The highest BCUT2D eigenvalue weighted by Crippen LogP contribution is 2.33. The van der Waals surface area contributed by atoms with E-state index < -0.39 is 15.9 Å². The van der Waals surface area contributed by atoms with Crippen molar-refractivity contribution in [2.75, 3.05) is 50.1 Å². The van der Waals surface area contributed by atoms with Gasteiger partial charge in [-0.05, 0) is 37.1 Å². The fraction of sp³-hybridized carbons (Fsp3) is 0.458. The van der Waals surface area contributed by atoms with E-state index in [-0.39, 0.29) is 11.4 Å². The largest absolute Gasteiger partial charge is 0.490 e. The number of carbonyl (C=O) groups is 1. The maximum atomic E-state index is 13.1. The van der Waals surface area contributed by atoms with E-state index in [1.807, 2.05) is 24.3 Å². The topological polar surface area (TPSA) is 88.2 Å². The Hall–Kier alpha value is -2.78. The molecule has 33 heavy (non-hydrogen) atoms. The van der Waals surface area contributed by atoms with Crippen LogP contribution in [0.15, 0.2) is 47.4 Å². The van der Waals surface area contributed by atoms with Crippen molar-refractivity contribution in [2.24, 2.45) is 0 Å². The number of anilines is 2. The second-order valence-electron chi connectivity index (χ2n) is 8.39. The summed E-state index contributed by atoms with van der Waals surface area (Å²) < 4.78 is 38.4. The molecule has 0 radical (unpaired) electrons. The highest BCUT2D eigenvalue weighted by atomic mass is 32.2. The Kier molecular flexibility index (Phi) is 7.39. The van der Waals surface area contributed by atoms with Crippen molar-refractivity contribution in [2.45, 2.75) is 37.0 Å². The molecule has 2 aromatic carbocycles. The molecule has 0 bridgehead atoms. The van der Waals surface area contributed by atoms with Gasteiger partial charge in [-0.15, -0.1) is 0 Å². The number of benzene rings is 2. The number of rotatable bonds is 6. The highest BCUT2D eigenvalue weighted by molar-refractivity contribution is 7.89. The molecule has 178 valence electrons. The van der Waals surface area contributed by atoms with Gasteiger partial charge in [0.25, 0.3) is 0 Å². The fourth-order valence-electron chi connectivity index (χ4n) is 4.13. The lowest BCUT2D eigenvalue weighted by Crippen LogP contribution is -2.35. The van der Waals surface area contributed by atoms with Crippen LogP contribution in [-0.4, -0.2) is 58.5 Å². The van der Waals surface area contributed by atoms with Gasteiger partial charge in [-0.3, -0.25) is 4.79 Å². The summed E-state index contributed by atoms with van der Waals surface area (Å²) in [6.45, 7) is 2.59. The Morgan fingerprint density at radius 1 is 0.970 bits per heavy atom. The molecule has 0 unspecified atom stereocenters. The molecule has 2 heterocycles. The number of hydrogen-bond donors (Lipinski definition) is 1. The number of likely N-dealkylation sites (N-methyl/N-ethyl adjacent to an activating group) is 1. The number of nitrogens with zero attached hydrogens (tertiary/aromatic N) is 2. The van der Waals surface area contributed by atoms with Crippen molar-refractivity contribution in [3.63, 3.8) is 0 Å². The second kappa shape index (κ2) is 10.4. The Labute approximate surface area is 195 Å². The molecule has 1 amide bonds. The molecule has 2 aliphatic heterocycles. The summed E-state index contributed by atoms with van der Waals surface area (Å²) in [6, 6.07) is 12.2. The number of nitrogens with one attached hydrogen (secondary N) is 1. The van der Waals surface area contributed by atoms with Crippen molar-refractivity contribution >= 4 is 27.3 Å². The predicted octanol–water partition coefficient (Wildman–Crippen LogP) is 3.49. The molecule has 4 rings (SSSR count). The molecule has 1 N–H and O–H groups in total. The van der Waals surface area contributed by atoms with Gasteiger partial charge in [0, 0.05) is 32.6 Å². The van der Waals surface area contributed by atoms with E-state index in [0.29, 0.717) is 30.4 Å². The molecule has 0 saturated carbocycles. The zero-order chi connectivity index (χ0) is 23.3. The number of para-hydroxylation sites is 2. The molecule has 2 aliphatic rings. The quantitative estimate of drug-likeness (QED) is 0.691. The lowest BCUT2D eigenvalue weighted by Gasteiger charge is -2.26. The van der Waals surface area contributed by atoms with Crippen LogP contribution in [0.1, 0.15) is 32.1 Å².